The number of unbranched alkanes of at least 4 members (excludes halogenated alkanes) is 2. The van der Waals surface area contributed by atoms with Crippen LogP contribution in [-0.2, 0) is 11.2 Å². The lowest BCUT2D eigenvalue weighted by Crippen LogP contribution is -2.57. The third-order valence-electron chi connectivity index (χ3n) is 4.32. The number of ether oxygens (including phenoxy) is 1. The molecule has 0 saturated carbocycles. The molecule has 1 amide bonds. The SMILES string of the molecule is CCCCCC1=NN(C(=O)Cc2ccc(OC)cc2)C(O)(C(F)(F)F)C1. The summed E-state index contributed by atoms with van der Waals surface area (Å²) < 4.78 is 45.3. The van der Waals surface area contributed by atoms with E-state index in [1.54, 1.807) is 24.3 Å². The molecule has 1 aromatic carbocycles. The summed E-state index contributed by atoms with van der Waals surface area (Å²) in [5, 5.41) is 14.2. The van der Waals surface area contributed by atoms with E-state index in [0.29, 0.717) is 24.2 Å². The van der Waals surface area contributed by atoms with Crippen LogP contribution in [0.5, 0.6) is 5.75 Å². The largest absolute Gasteiger partial charge is 0.497 e. The minimum Gasteiger partial charge on any atom is -0.497 e. The molecule has 1 aromatic rings. The second kappa shape index (κ2) is 8.07. The van der Waals surface area contributed by atoms with Crippen molar-refractivity contribution in [3.63, 3.8) is 0 Å². The fourth-order valence-corrected chi connectivity index (χ4v) is 2.81. The van der Waals surface area contributed by atoms with Gasteiger partial charge in [0.25, 0.3) is 5.72 Å². The first-order valence-corrected chi connectivity index (χ1v) is 8.52. The Morgan fingerprint density at radius 1 is 1.31 bits per heavy atom. The van der Waals surface area contributed by atoms with E-state index in [9.17, 15) is 23.1 Å². The Balaban J connectivity index is 2.18. The molecular formula is C18H23F3N2O3. The van der Waals surface area contributed by atoms with Gasteiger partial charge in [0, 0.05) is 12.1 Å². The van der Waals surface area contributed by atoms with Gasteiger partial charge in [0.2, 0.25) is 5.91 Å². The monoisotopic (exact) mass is 372 g/mol. The molecule has 1 heterocycles. The number of amides is 1. The normalized spacial score (nSPS) is 20.2. The van der Waals surface area contributed by atoms with E-state index < -0.39 is 24.2 Å². The Labute approximate surface area is 150 Å². The number of hydrogen-bond acceptors (Lipinski definition) is 4. The maximum Gasteiger partial charge on any atom is 0.438 e. The first kappa shape index (κ1) is 20.2. The number of rotatable bonds is 7. The van der Waals surface area contributed by atoms with Gasteiger partial charge in [-0.05, 0) is 30.5 Å². The molecular weight excluding hydrogens is 349 g/mol. The Morgan fingerprint density at radius 2 is 1.96 bits per heavy atom. The van der Waals surface area contributed by atoms with E-state index in [1.165, 1.54) is 7.11 Å². The summed E-state index contributed by atoms with van der Waals surface area (Å²) in [4.78, 5) is 12.4. The summed E-state index contributed by atoms with van der Waals surface area (Å²) >= 11 is 0. The summed E-state index contributed by atoms with van der Waals surface area (Å²) in [7, 11) is 1.49. The van der Waals surface area contributed by atoms with E-state index >= 15 is 0 Å². The minimum atomic E-state index is -4.99. The highest BCUT2D eigenvalue weighted by molar-refractivity contribution is 5.91. The fourth-order valence-electron chi connectivity index (χ4n) is 2.81. The van der Waals surface area contributed by atoms with Gasteiger partial charge in [0.05, 0.1) is 13.5 Å². The average molecular weight is 372 g/mol. The van der Waals surface area contributed by atoms with Crippen LogP contribution in [0.1, 0.15) is 44.6 Å². The van der Waals surface area contributed by atoms with E-state index in [1.807, 2.05) is 6.92 Å². The van der Waals surface area contributed by atoms with Crippen molar-refractivity contribution in [2.24, 2.45) is 5.10 Å². The van der Waals surface area contributed by atoms with Gasteiger partial charge in [-0.1, -0.05) is 31.9 Å². The van der Waals surface area contributed by atoms with Crippen LogP contribution >= 0.6 is 0 Å². The van der Waals surface area contributed by atoms with Gasteiger partial charge in [-0.3, -0.25) is 4.79 Å². The number of hydrogen-bond donors (Lipinski definition) is 1. The molecule has 1 N–H and O–H groups in total. The second-order valence-corrected chi connectivity index (χ2v) is 6.34. The number of carbonyl (C=O) groups is 1. The lowest BCUT2D eigenvalue weighted by atomic mass is 10.0. The summed E-state index contributed by atoms with van der Waals surface area (Å²) in [5.74, 6) is -0.328. The van der Waals surface area contributed by atoms with Crippen LogP contribution in [0.3, 0.4) is 0 Å². The Bertz CT molecular complexity index is 659. The van der Waals surface area contributed by atoms with Crippen molar-refractivity contribution in [3.8, 4) is 5.75 Å². The molecule has 0 aromatic heterocycles. The number of hydrazone groups is 1. The van der Waals surface area contributed by atoms with Crippen LogP contribution in [0.2, 0.25) is 0 Å². The van der Waals surface area contributed by atoms with Crippen LogP contribution in [0.25, 0.3) is 0 Å². The zero-order valence-electron chi connectivity index (χ0n) is 14.8. The number of halogens is 3. The van der Waals surface area contributed by atoms with Gasteiger partial charge in [-0.2, -0.15) is 23.3 Å². The van der Waals surface area contributed by atoms with Gasteiger partial charge in [-0.15, -0.1) is 0 Å². The predicted octanol–water partition coefficient (Wildman–Crippen LogP) is 3.66. The molecule has 2 rings (SSSR count). The van der Waals surface area contributed by atoms with Crippen molar-refractivity contribution in [2.45, 2.75) is 57.3 Å². The Kier molecular flexibility index (Phi) is 6.28. The average Bonchev–Trinajstić information content (AvgIpc) is 2.94. The molecule has 1 atom stereocenters. The molecule has 0 fully saturated rings. The number of nitrogens with zero attached hydrogens (tertiary/aromatic N) is 2. The van der Waals surface area contributed by atoms with Crippen LogP contribution in [0.4, 0.5) is 13.2 Å². The van der Waals surface area contributed by atoms with Crippen LogP contribution in [-0.4, -0.2) is 40.7 Å². The van der Waals surface area contributed by atoms with Gasteiger partial charge < -0.3 is 9.84 Å². The standard InChI is InChI=1S/C18H23F3N2O3/c1-3-4-5-6-14-12-17(25,18(19,20)21)23(22-14)16(24)11-13-7-9-15(26-2)10-8-13/h7-10,25H,3-6,11-12H2,1-2H3. The first-order chi connectivity index (χ1) is 12.2. The summed E-state index contributed by atoms with van der Waals surface area (Å²) in [6, 6.07) is 6.40. The molecule has 0 saturated heterocycles. The van der Waals surface area contributed by atoms with Gasteiger partial charge in [0.1, 0.15) is 5.75 Å². The zero-order valence-corrected chi connectivity index (χ0v) is 14.8. The molecule has 0 bridgehead atoms. The maximum atomic E-state index is 13.4. The van der Waals surface area contributed by atoms with Gasteiger partial charge in [0.15, 0.2) is 0 Å². The molecule has 144 valence electrons. The molecule has 26 heavy (non-hydrogen) atoms. The quantitative estimate of drug-likeness (QED) is 0.743. The topological polar surface area (TPSA) is 62.1 Å². The minimum absolute atomic E-state index is 0.196. The highest BCUT2D eigenvalue weighted by atomic mass is 19.4. The molecule has 0 aliphatic carbocycles. The van der Waals surface area contributed by atoms with Crippen molar-refractivity contribution in [1.82, 2.24) is 5.01 Å². The molecule has 1 unspecified atom stereocenters. The molecule has 0 spiro atoms. The van der Waals surface area contributed by atoms with Crippen molar-refractivity contribution >= 4 is 11.6 Å². The smallest absolute Gasteiger partial charge is 0.438 e. The van der Waals surface area contributed by atoms with Crippen molar-refractivity contribution in [1.29, 1.82) is 0 Å². The lowest BCUT2D eigenvalue weighted by molar-refractivity contribution is -0.302. The third kappa shape index (κ3) is 4.35. The van der Waals surface area contributed by atoms with E-state index in [2.05, 4.69) is 5.10 Å². The maximum absolute atomic E-state index is 13.4. The van der Waals surface area contributed by atoms with Crippen molar-refractivity contribution in [3.05, 3.63) is 29.8 Å². The van der Waals surface area contributed by atoms with E-state index in [4.69, 9.17) is 4.74 Å². The zero-order chi connectivity index (χ0) is 19.4. The fraction of sp³-hybridized carbons (Fsp3) is 0.556. The molecule has 0 radical (unpaired) electrons. The summed E-state index contributed by atoms with van der Waals surface area (Å²) in [6.07, 6.45) is -3.22. The van der Waals surface area contributed by atoms with Crippen molar-refractivity contribution in [2.75, 3.05) is 7.11 Å². The molecule has 5 nitrogen and oxygen atoms in total. The predicted molar refractivity (Wildman–Crippen MR) is 90.7 cm³/mol. The molecule has 1 aliphatic heterocycles. The molecule has 1 aliphatic rings. The number of carbonyl (C=O) groups excluding carboxylic acids is 1. The highest BCUT2D eigenvalue weighted by Crippen LogP contribution is 2.41. The second-order valence-electron chi connectivity index (χ2n) is 6.34. The Hall–Kier alpha value is -2.09. The van der Waals surface area contributed by atoms with E-state index in [-0.39, 0.29) is 17.1 Å². The third-order valence-corrected chi connectivity index (χ3v) is 4.32. The van der Waals surface area contributed by atoms with Crippen LogP contribution < -0.4 is 4.74 Å². The first-order valence-electron chi connectivity index (χ1n) is 8.52. The van der Waals surface area contributed by atoms with Gasteiger partial charge in [-0.25, -0.2) is 0 Å². The lowest BCUT2D eigenvalue weighted by Gasteiger charge is -2.32. The number of benzene rings is 1. The molecule has 8 heteroatoms. The number of methoxy groups -OCH3 is 1. The Morgan fingerprint density at radius 3 is 2.50 bits per heavy atom. The number of aliphatic hydroxyl groups is 1. The highest BCUT2D eigenvalue weighted by Gasteiger charge is 2.62. The van der Waals surface area contributed by atoms with Crippen LogP contribution in [0.15, 0.2) is 29.4 Å². The summed E-state index contributed by atoms with van der Waals surface area (Å²) in [6.45, 7) is 1.98. The number of alkyl halides is 3. The van der Waals surface area contributed by atoms with E-state index in [0.717, 1.165) is 12.8 Å². The van der Waals surface area contributed by atoms with Crippen LogP contribution in [0, 0.1) is 0 Å². The van der Waals surface area contributed by atoms with Gasteiger partial charge >= 0.3 is 6.18 Å². The summed E-state index contributed by atoms with van der Waals surface area (Å²) in [5.41, 5.74) is -2.57. The van der Waals surface area contributed by atoms with Crippen molar-refractivity contribution < 1.29 is 27.8 Å².